The van der Waals surface area contributed by atoms with E-state index in [1.807, 2.05) is 0 Å². The lowest BCUT2D eigenvalue weighted by atomic mass is 10.1. The molecule has 0 fully saturated rings. The van der Waals surface area contributed by atoms with Crippen molar-refractivity contribution in [3.63, 3.8) is 0 Å². The van der Waals surface area contributed by atoms with Crippen molar-refractivity contribution < 1.29 is 9.90 Å². The molecule has 0 atom stereocenters. The van der Waals surface area contributed by atoms with Gasteiger partial charge in [0, 0.05) is 20.0 Å². The summed E-state index contributed by atoms with van der Waals surface area (Å²) < 4.78 is 0. The number of carboxylic acids is 1. The lowest BCUT2D eigenvalue weighted by Crippen LogP contribution is -2.33. The van der Waals surface area contributed by atoms with E-state index in [4.69, 9.17) is 16.2 Å². The molecule has 0 saturated carbocycles. The van der Waals surface area contributed by atoms with Gasteiger partial charge >= 0.3 is 5.97 Å². The van der Waals surface area contributed by atoms with Gasteiger partial charge in [-0.15, -0.1) is 0 Å². The van der Waals surface area contributed by atoms with Crippen LogP contribution in [0.4, 0.5) is 0 Å². The third kappa shape index (κ3) is 9.05. The van der Waals surface area contributed by atoms with Gasteiger partial charge < -0.3 is 15.7 Å². The van der Waals surface area contributed by atoms with E-state index in [0.717, 1.165) is 38.6 Å². The van der Waals surface area contributed by atoms with Crippen LogP contribution in [0.5, 0.6) is 0 Å². The number of nitrogens with one attached hydrogen (secondary N) is 1. The summed E-state index contributed by atoms with van der Waals surface area (Å²) in [6.07, 6.45) is 5.13. The zero-order chi connectivity index (χ0) is 11.7. The smallest absolute Gasteiger partial charge is 0.303 e. The second kappa shape index (κ2) is 8.08. The number of unbranched alkanes of at least 4 members (excludes halogenated alkanes) is 4. The summed E-state index contributed by atoms with van der Waals surface area (Å²) in [6, 6.07) is 0. The van der Waals surface area contributed by atoms with E-state index >= 15 is 0 Å². The van der Waals surface area contributed by atoms with Crippen molar-refractivity contribution in [2.45, 2.75) is 38.5 Å². The molecule has 4 N–H and O–H groups in total. The van der Waals surface area contributed by atoms with Crippen LogP contribution in [-0.4, -0.2) is 35.5 Å². The maximum absolute atomic E-state index is 10.2. The average molecular weight is 215 g/mol. The highest BCUT2D eigenvalue weighted by atomic mass is 16.4. The topological polar surface area (TPSA) is 90.4 Å². The summed E-state index contributed by atoms with van der Waals surface area (Å²) in [6.45, 7) is 0.800. The standard InChI is InChI=1S/C10H21N3O2/c1-13(10(11)12)8-6-4-2-3-5-7-9(14)15/h2-8H2,1H3,(H3,11,12)(H,14,15). The van der Waals surface area contributed by atoms with Crippen molar-refractivity contribution >= 4 is 11.9 Å². The second-order valence-corrected chi connectivity index (χ2v) is 3.72. The van der Waals surface area contributed by atoms with E-state index in [0.29, 0.717) is 0 Å². The van der Waals surface area contributed by atoms with Crippen molar-refractivity contribution in [3.8, 4) is 0 Å². The molecule has 0 bridgehead atoms. The van der Waals surface area contributed by atoms with Gasteiger partial charge in [-0.05, 0) is 12.8 Å². The highest BCUT2D eigenvalue weighted by Gasteiger charge is 1.99. The number of nitrogens with two attached hydrogens (primary N) is 1. The molecule has 0 unspecified atom stereocenters. The number of rotatable bonds is 8. The van der Waals surface area contributed by atoms with E-state index < -0.39 is 5.97 Å². The molecule has 0 radical (unpaired) electrons. The predicted octanol–water partition coefficient (Wildman–Crippen LogP) is 1.24. The van der Waals surface area contributed by atoms with Crippen molar-refractivity contribution in [1.82, 2.24) is 4.90 Å². The molecule has 0 rings (SSSR count). The number of hydrogen-bond donors (Lipinski definition) is 3. The molecule has 0 aliphatic heterocycles. The van der Waals surface area contributed by atoms with Crippen LogP contribution in [0.25, 0.3) is 0 Å². The molecule has 0 heterocycles. The van der Waals surface area contributed by atoms with E-state index in [2.05, 4.69) is 0 Å². The van der Waals surface area contributed by atoms with Crippen LogP contribution >= 0.6 is 0 Å². The fourth-order valence-electron chi connectivity index (χ4n) is 1.28. The minimum absolute atomic E-state index is 0.0980. The molecule has 0 saturated heterocycles. The van der Waals surface area contributed by atoms with E-state index in [-0.39, 0.29) is 12.4 Å². The monoisotopic (exact) mass is 215 g/mol. The molecule has 0 spiro atoms. The second-order valence-electron chi connectivity index (χ2n) is 3.72. The van der Waals surface area contributed by atoms with Gasteiger partial charge in [-0.3, -0.25) is 10.2 Å². The fraction of sp³-hybridized carbons (Fsp3) is 0.800. The van der Waals surface area contributed by atoms with Crippen LogP contribution < -0.4 is 5.73 Å². The van der Waals surface area contributed by atoms with Crippen molar-refractivity contribution in [2.75, 3.05) is 13.6 Å². The first-order chi connectivity index (χ1) is 7.04. The summed E-state index contributed by atoms with van der Waals surface area (Å²) in [5.74, 6) is -0.618. The fourth-order valence-corrected chi connectivity index (χ4v) is 1.28. The van der Waals surface area contributed by atoms with Gasteiger partial charge in [0.1, 0.15) is 0 Å². The zero-order valence-corrected chi connectivity index (χ0v) is 9.33. The lowest BCUT2D eigenvalue weighted by molar-refractivity contribution is -0.137. The molecular formula is C10H21N3O2. The van der Waals surface area contributed by atoms with Crippen LogP contribution in [0.2, 0.25) is 0 Å². The Bertz CT molecular complexity index is 207. The molecule has 0 aromatic rings. The number of nitrogens with zero attached hydrogens (tertiary/aromatic N) is 1. The molecule has 5 heteroatoms. The Morgan fingerprint density at radius 2 is 1.80 bits per heavy atom. The first-order valence-electron chi connectivity index (χ1n) is 5.31. The van der Waals surface area contributed by atoms with E-state index in [1.165, 1.54) is 0 Å². The third-order valence-corrected chi connectivity index (χ3v) is 2.30. The van der Waals surface area contributed by atoms with Crippen LogP contribution in [-0.2, 0) is 4.79 Å². The van der Waals surface area contributed by atoms with Crippen LogP contribution in [0.3, 0.4) is 0 Å². The highest BCUT2D eigenvalue weighted by Crippen LogP contribution is 2.05. The van der Waals surface area contributed by atoms with Gasteiger partial charge in [-0.2, -0.15) is 0 Å². The van der Waals surface area contributed by atoms with Gasteiger partial charge in [-0.25, -0.2) is 0 Å². The Labute approximate surface area is 90.8 Å². The predicted molar refractivity (Wildman–Crippen MR) is 59.9 cm³/mol. The van der Waals surface area contributed by atoms with Gasteiger partial charge in [0.25, 0.3) is 0 Å². The molecular weight excluding hydrogens is 194 g/mol. The molecule has 0 aliphatic carbocycles. The Morgan fingerprint density at radius 3 is 2.33 bits per heavy atom. The van der Waals surface area contributed by atoms with Gasteiger partial charge in [0.15, 0.2) is 5.96 Å². The van der Waals surface area contributed by atoms with E-state index in [1.54, 1.807) is 11.9 Å². The number of carboxylic acid groups (broad SMARTS) is 1. The van der Waals surface area contributed by atoms with Crippen LogP contribution in [0.1, 0.15) is 38.5 Å². The van der Waals surface area contributed by atoms with Crippen LogP contribution in [0, 0.1) is 5.41 Å². The summed E-state index contributed by atoms with van der Waals surface area (Å²) in [4.78, 5) is 11.9. The molecule has 0 aromatic carbocycles. The Morgan fingerprint density at radius 1 is 1.27 bits per heavy atom. The molecule has 0 aromatic heterocycles. The molecule has 15 heavy (non-hydrogen) atoms. The normalized spacial score (nSPS) is 9.93. The zero-order valence-electron chi connectivity index (χ0n) is 9.33. The van der Waals surface area contributed by atoms with Gasteiger partial charge in [0.05, 0.1) is 0 Å². The summed E-state index contributed by atoms with van der Waals surface area (Å²) >= 11 is 0. The van der Waals surface area contributed by atoms with Gasteiger partial charge in [0.2, 0.25) is 0 Å². The minimum atomic E-state index is -0.716. The molecule has 5 nitrogen and oxygen atoms in total. The maximum atomic E-state index is 10.2. The Kier molecular flexibility index (Phi) is 7.40. The van der Waals surface area contributed by atoms with Crippen LogP contribution in [0.15, 0.2) is 0 Å². The highest BCUT2D eigenvalue weighted by molar-refractivity contribution is 5.74. The number of hydrogen-bond acceptors (Lipinski definition) is 2. The third-order valence-electron chi connectivity index (χ3n) is 2.30. The molecule has 0 amide bonds. The van der Waals surface area contributed by atoms with E-state index in [9.17, 15) is 4.79 Å². The lowest BCUT2D eigenvalue weighted by Gasteiger charge is -2.15. The SMILES string of the molecule is CN(CCCCCCCC(=O)O)C(=N)N. The summed E-state index contributed by atoms with van der Waals surface area (Å²) in [5, 5.41) is 15.5. The quantitative estimate of drug-likeness (QED) is 0.323. The number of carbonyl (C=O) groups is 1. The Hall–Kier alpha value is -1.26. The molecule has 0 aliphatic rings. The summed E-state index contributed by atoms with van der Waals surface area (Å²) in [5.41, 5.74) is 5.28. The van der Waals surface area contributed by atoms with Crippen molar-refractivity contribution in [1.29, 1.82) is 5.41 Å². The van der Waals surface area contributed by atoms with Crippen molar-refractivity contribution in [2.24, 2.45) is 5.73 Å². The first kappa shape index (κ1) is 13.7. The van der Waals surface area contributed by atoms with Gasteiger partial charge in [-0.1, -0.05) is 19.3 Å². The minimum Gasteiger partial charge on any atom is -0.481 e. The average Bonchev–Trinajstić information content (AvgIpc) is 2.15. The largest absolute Gasteiger partial charge is 0.481 e. The number of guanidine groups is 1. The first-order valence-corrected chi connectivity index (χ1v) is 5.31. The molecule has 88 valence electrons. The number of aliphatic carboxylic acids is 1. The Balaban J connectivity index is 3.18. The van der Waals surface area contributed by atoms with Crippen molar-refractivity contribution in [3.05, 3.63) is 0 Å². The maximum Gasteiger partial charge on any atom is 0.303 e. The summed E-state index contributed by atoms with van der Waals surface area (Å²) in [7, 11) is 1.80.